The Morgan fingerprint density at radius 2 is 1.91 bits per heavy atom. The van der Waals surface area contributed by atoms with Crippen LogP contribution < -0.4 is 10.2 Å². The third-order valence-corrected chi connectivity index (χ3v) is 6.54. The molecule has 7 heteroatoms. The van der Waals surface area contributed by atoms with Crippen LogP contribution in [0.2, 0.25) is 0 Å². The molecule has 1 aliphatic rings. The number of rotatable bonds is 8. The van der Waals surface area contributed by atoms with Gasteiger partial charge >= 0.3 is 0 Å². The van der Waals surface area contributed by atoms with Gasteiger partial charge in [-0.05, 0) is 60.2 Å². The summed E-state index contributed by atoms with van der Waals surface area (Å²) in [4.78, 5) is 30.5. The van der Waals surface area contributed by atoms with Crippen molar-refractivity contribution >= 4 is 34.5 Å². The van der Waals surface area contributed by atoms with Crippen LogP contribution in [0, 0.1) is 0 Å². The topological polar surface area (TPSA) is 61.9 Å². The number of hydrogen-bond acceptors (Lipinski definition) is 5. The van der Waals surface area contributed by atoms with E-state index in [2.05, 4.69) is 34.5 Å². The number of thiophene rings is 1. The van der Waals surface area contributed by atoms with E-state index in [0.29, 0.717) is 29.2 Å². The molecule has 4 rings (SSSR count). The monoisotopic (exact) mass is 463 g/mol. The predicted molar refractivity (Wildman–Crippen MR) is 133 cm³/mol. The van der Waals surface area contributed by atoms with E-state index in [-0.39, 0.29) is 17.9 Å². The van der Waals surface area contributed by atoms with Gasteiger partial charge in [0.25, 0.3) is 11.8 Å². The third kappa shape index (κ3) is 6.00. The first-order valence-electron chi connectivity index (χ1n) is 11.1. The lowest BCUT2D eigenvalue weighted by atomic mass is 10.1. The maximum Gasteiger partial charge on any atom is 0.265 e. The highest BCUT2D eigenvalue weighted by Gasteiger charge is 2.24. The Kier molecular flexibility index (Phi) is 7.42. The Hall–Kier alpha value is -3.16. The average molecular weight is 464 g/mol. The average Bonchev–Trinajstić information content (AvgIpc) is 3.53. The molecular weight excluding hydrogens is 434 g/mol. The molecule has 0 spiro atoms. The summed E-state index contributed by atoms with van der Waals surface area (Å²) in [5.74, 6) is -0.249. The van der Waals surface area contributed by atoms with Gasteiger partial charge in [0.1, 0.15) is 0 Å². The van der Waals surface area contributed by atoms with Gasteiger partial charge in [-0.1, -0.05) is 24.3 Å². The van der Waals surface area contributed by atoms with Crippen molar-refractivity contribution in [1.29, 1.82) is 0 Å². The number of ether oxygens (including phenoxy) is 1. The Balaban J connectivity index is 1.52. The van der Waals surface area contributed by atoms with Crippen LogP contribution in [0.4, 0.5) is 11.4 Å². The fourth-order valence-corrected chi connectivity index (χ4v) is 4.51. The summed E-state index contributed by atoms with van der Waals surface area (Å²) in [5.41, 5.74) is 3.33. The zero-order chi connectivity index (χ0) is 23.2. The quantitative estimate of drug-likeness (QED) is 0.517. The maximum atomic E-state index is 13.5. The molecular formula is C26H29N3O3S. The molecule has 0 radical (unpaired) electrons. The summed E-state index contributed by atoms with van der Waals surface area (Å²) >= 11 is 1.38. The van der Waals surface area contributed by atoms with Crippen LogP contribution in [0.1, 0.15) is 38.4 Å². The Morgan fingerprint density at radius 3 is 2.58 bits per heavy atom. The van der Waals surface area contributed by atoms with Crippen molar-refractivity contribution in [2.24, 2.45) is 0 Å². The lowest BCUT2D eigenvalue weighted by Crippen LogP contribution is -2.37. The minimum atomic E-state index is -0.174. The van der Waals surface area contributed by atoms with Crippen LogP contribution in [0.25, 0.3) is 0 Å². The smallest absolute Gasteiger partial charge is 0.265 e. The lowest BCUT2D eigenvalue weighted by molar-refractivity contribution is 0.0507. The van der Waals surface area contributed by atoms with Gasteiger partial charge in [-0.2, -0.15) is 0 Å². The van der Waals surface area contributed by atoms with Crippen molar-refractivity contribution < 1.29 is 14.3 Å². The number of carbonyl (C=O) groups is 2. The highest BCUT2D eigenvalue weighted by Crippen LogP contribution is 2.21. The number of anilines is 2. The number of benzene rings is 2. The van der Waals surface area contributed by atoms with Crippen molar-refractivity contribution in [3.05, 3.63) is 82.0 Å². The van der Waals surface area contributed by atoms with Crippen molar-refractivity contribution in [2.45, 2.75) is 25.5 Å². The summed E-state index contributed by atoms with van der Waals surface area (Å²) < 4.78 is 5.82. The van der Waals surface area contributed by atoms with Gasteiger partial charge < -0.3 is 19.9 Å². The summed E-state index contributed by atoms with van der Waals surface area (Å²) in [6.07, 6.45) is 2.03. The second-order valence-electron chi connectivity index (χ2n) is 8.39. The fourth-order valence-electron chi connectivity index (χ4n) is 3.89. The summed E-state index contributed by atoms with van der Waals surface area (Å²) in [6.45, 7) is 1.78. The third-order valence-electron chi connectivity index (χ3n) is 5.67. The number of hydrogen-bond donors (Lipinski definition) is 1. The van der Waals surface area contributed by atoms with E-state index < -0.39 is 0 Å². The molecule has 2 aromatic carbocycles. The normalized spacial score (nSPS) is 15.3. The first kappa shape index (κ1) is 23.0. The van der Waals surface area contributed by atoms with E-state index in [0.717, 1.165) is 30.7 Å². The van der Waals surface area contributed by atoms with E-state index in [1.54, 1.807) is 30.3 Å². The molecule has 1 atom stereocenters. The van der Waals surface area contributed by atoms with Gasteiger partial charge in [0.2, 0.25) is 0 Å². The van der Waals surface area contributed by atoms with Crippen LogP contribution >= 0.6 is 11.3 Å². The van der Waals surface area contributed by atoms with Crippen molar-refractivity contribution in [1.82, 2.24) is 4.90 Å². The zero-order valence-corrected chi connectivity index (χ0v) is 19.8. The summed E-state index contributed by atoms with van der Waals surface area (Å²) in [7, 11) is 4.01. The van der Waals surface area contributed by atoms with Gasteiger partial charge in [0.05, 0.1) is 11.0 Å². The van der Waals surface area contributed by atoms with Gasteiger partial charge in [-0.3, -0.25) is 9.59 Å². The van der Waals surface area contributed by atoms with Crippen molar-refractivity contribution in [3.8, 4) is 0 Å². The molecule has 0 bridgehead atoms. The molecule has 3 aromatic rings. The van der Waals surface area contributed by atoms with Crippen LogP contribution in [-0.4, -0.2) is 50.1 Å². The minimum absolute atomic E-state index is 0.0525. The van der Waals surface area contributed by atoms with Crippen molar-refractivity contribution in [2.75, 3.05) is 37.5 Å². The number of amides is 2. The number of carbonyl (C=O) groups excluding carboxylic acids is 2. The molecule has 1 fully saturated rings. The van der Waals surface area contributed by atoms with Gasteiger partial charge in [-0.15, -0.1) is 11.3 Å². The minimum Gasteiger partial charge on any atom is -0.378 e. The molecule has 2 heterocycles. The lowest BCUT2D eigenvalue weighted by Gasteiger charge is -2.26. The first-order chi connectivity index (χ1) is 16.0. The molecule has 6 nitrogen and oxygen atoms in total. The molecule has 172 valence electrons. The second kappa shape index (κ2) is 10.6. The van der Waals surface area contributed by atoms with Gasteiger partial charge in [0.15, 0.2) is 0 Å². The molecule has 1 aromatic heterocycles. The molecule has 0 saturated carbocycles. The Morgan fingerprint density at radius 1 is 1.09 bits per heavy atom. The molecule has 1 N–H and O–H groups in total. The summed E-state index contributed by atoms with van der Waals surface area (Å²) in [6, 6.07) is 19.0. The first-order valence-corrected chi connectivity index (χ1v) is 12.0. The van der Waals surface area contributed by atoms with Gasteiger partial charge in [-0.25, -0.2) is 0 Å². The molecule has 0 aliphatic carbocycles. The largest absolute Gasteiger partial charge is 0.378 e. The number of nitrogens with one attached hydrogen (secondary N) is 1. The van der Waals surface area contributed by atoms with Crippen LogP contribution in [-0.2, 0) is 11.3 Å². The van der Waals surface area contributed by atoms with Crippen LogP contribution in [0.3, 0.4) is 0 Å². The predicted octanol–water partition coefficient (Wildman–Crippen LogP) is 4.89. The van der Waals surface area contributed by atoms with E-state index >= 15 is 0 Å². The Labute approximate surface area is 198 Å². The Bertz CT molecular complexity index is 1070. The maximum absolute atomic E-state index is 13.5. The van der Waals surface area contributed by atoms with Gasteiger partial charge in [0, 0.05) is 50.7 Å². The molecule has 1 unspecified atom stereocenters. The number of nitrogens with zero attached hydrogens (tertiary/aromatic N) is 2. The zero-order valence-electron chi connectivity index (χ0n) is 19.0. The van der Waals surface area contributed by atoms with E-state index in [1.165, 1.54) is 11.3 Å². The van der Waals surface area contributed by atoms with Crippen molar-refractivity contribution in [3.63, 3.8) is 0 Å². The highest BCUT2D eigenvalue weighted by atomic mass is 32.1. The fraction of sp³-hybridized carbons (Fsp3) is 0.308. The van der Waals surface area contributed by atoms with E-state index in [9.17, 15) is 9.59 Å². The molecule has 33 heavy (non-hydrogen) atoms. The van der Waals surface area contributed by atoms with E-state index in [1.807, 2.05) is 30.4 Å². The SMILES string of the molecule is CN(C)c1ccc(CN(CC2CCCO2)C(=O)c2cccc(NC(=O)c3cccs3)c2)cc1. The second-order valence-corrected chi connectivity index (χ2v) is 9.34. The van der Waals surface area contributed by atoms with E-state index in [4.69, 9.17) is 4.74 Å². The molecule has 2 amide bonds. The summed E-state index contributed by atoms with van der Waals surface area (Å²) in [5, 5.41) is 4.75. The molecule has 1 aliphatic heterocycles. The molecule has 1 saturated heterocycles. The van der Waals surface area contributed by atoms with Crippen LogP contribution in [0.5, 0.6) is 0 Å². The van der Waals surface area contributed by atoms with Crippen LogP contribution in [0.15, 0.2) is 66.0 Å². The highest BCUT2D eigenvalue weighted by molar-refractivity contribution is 7.12. The standard InChI is InChI=1S/C26H29N3O3S/c1-28(2)22-12-10-19(11-13-22)17-29(18-23-8-4-14-32-23)26(31)20-6-3-7-21(16-20)27-25(30)24-9-5-15-33-24/h3,5-7,9-13,15-16,23H,4,8,14,17-18H2,1-2H3,(H,27,30).